The van der Waals surface area contributed by atoms with Crippen LogP contribution >= 0.6 is 0 Å². The maximum atomic E-state index is 10.0. The number of aliphatic hydroxyl groups is 2. The molecule has 5 heteroatoms. The van der Waals surface area contributed by atoms with Gasteiger partial charge in [0, 0.05) is 39.5 Å². The first-order valence-electron chi connectivity index (χ1n) is 4.01. The van der Waals surface area contributed by atoms with E-state index in [-0.39, 0.29) is 50.4 Å². The minimum absolute atomic E-state index is 0. The summed E-state index contributed by atoms with van der Waals surface area (Å²) in [4.78, 5) is 20.0. The summed E-state index contributed by atoms with van der Waals surface area (Å²) in [5.74, 6) is -0.125. The van der Waals surface area contributed by atoms with Crippen LogP contribution in [0.1, 0.15) is 27.7 Å². The number of aliphatic hydroxyl groups excluding tert-OH is 2. The van der Waals surface area contributed by atoms with E-state index < -0.39 is 0 Å². The molecule has 0 rings (SSSR count). The second-order valence-corrected chi connectivity index (χ2v) is 2.79. The fraction of sp³-hybridized carbons (Fsp3) is 0.400. The molecule has 0 heterocycles. The monoisotopic (exact) mass is 314 g/mol. The van der Waals surface area contributed by atoms with Crippen LogP contribution in [0.25, 0.3) is 0 Å². The quantitative estimate of drug-likeness (QED) is 0.465. The molecule has 82 valence electrons. The molecule has 0 aliphatic heterocycles. The smallest absolute Gasteiger partial charge is 0.155 e. The Hall–Kier alpha value is -0.658. The zero-order chi connectivity index (χ0) is 11.7. The Kier molecular flexibility index (Phi) is 15.1. The van der Waals surface area contributed by atoms with Gasteiger partial charge in [-0.1, -0.05) is 0 Å². The predicted octanol–water partition coefficient (Wildman–Crippen LogP) is 2.07. The van der Waals surface area contributed by atoms with Gasteiger partial charge in [0.25, 0.3) is 0 Å². The van der Waals surface area contributed by atoms with Crippen LogP contribution in [0.2, 0.25) is 0 Å². The summed E-state index contributed by atoms with van der Waals surface area (Å²) in [6.07, 6.45) is 2.33. The molecule has 0 atom stereocenters. The average Bonchev–Trinajstić information content (AvgIpc) is 1.79. The second kappa shape index (κ2) is 11.4. The molecule has 0 bridgehead atoms. The third kappa shape index (κ3) is 31.8. The number of carbonyl (C=O) groups excluding carboxylic acids is 2. The standard InChI is InChI=1S/2C5H8O2.Cd/c2*1-4(6)3-5(2)7;/h2*3,6H,1-2H3;/b2*4-3-;. The van der Waals surface area contributed by atoms with Gasteiger partial charge in [0.05, 0.1) is 11.5 Å². The van der Waals surface area contributed by atoms with E-state index in [1.807, 2.05) is 0 Å². The van der Waals surface area contributed by atoms with E-state index in [2.05, 4.69) is 0 Å². The number of allylic oxidation sites excluding steroid dienone is 4. The van der Waals surface area contributed by atoms with Crippen LogP contribution in [0, 0.1) is 0 Å². The van der Waals surface area contributed by atoms with Crippen LogP contribution in [-0.4, -0.2) is 21.8 Å². The minimum Gasteiger partial charge on any atom is -0.512 e. The summed E-state index contributed by atoms with van der Waals surface area (Å²) < 4.78 is 0. The van der Waals surface area contributed by atoms with Gasteiger partial charge in [-0.25, -0.2) is 0 Å². The molecular weight excluding hydrogens is 297 g/mol. The van der Waals surface area contributed by atoms with Crippen molar-refractivity contribution in [2.75, 3.05) is 0 Å². The molecule has 0 aromatic rings. The van der Waals surface area contributed by atoms with Crippen LogP contribution in [-0.2, 0) is 36.9 Å². The van der Waals surface area contributed by atoms with Crippen molar-refractivity contribution in [1.82, 2.24) is 0 Å². The molecule has 0 spiro atoms. The molecule has 0 aromatic heterocycles. The van der Waals surface area contributed by atoms with Crippen LogP contribution in [0.5, 0.6) is 0 Å². The summed E-state index contributed by atoms with van der Waals surface area (Å²) in [6.45, 7) is 5.70. The largest absolute Gasteiger partial charge is 0.512 e. The van der Waals surface area contributed by atoms with Gasteiger partial charge >= 0.3 is 0 Å². The maximum Gasteiger partial charge on any atom is 0.155 e. The van der Waals surface area contributed by atoms with E-state index in [4.69, 9.17) is 10.2 Å². The van der Waals surface area contributed by atoms with Crippen LogP contribution < -0.4 is 0 Å². The molecule has 0 saturated carbocycles. The van der Waals surface area contributed by atoms with E-state index in [0.717, 1.165) is 0 Å². The first-order valence-corrected chi connectivity index (χ1v) is 4.01. The SMILES string of the molecule is CC(=O)/C=C(/C)O.CC(=O)/C=C(/C)O.[Cd]. The molecule has 4 nitrogen and oxygen atoms in total. The summed E-state index contributed by atoms with van der Waals surface area (Å²) in [5, 5.41) is 16.7. The molecule has 0 fully saturated rings. The van der Waals surface area contributed by atoms with Crippen molar-refractivity contribution >= 4 is 11.6 Å². The molecule has 0 saturated heterocycles. The van der Waals surface area contributed by atoms with Crippen molar-refractivity contribution < 1.29 is 47.1 Å². The Morgan fingerprint density at radius 1 is 0.800 bits per heavy atom. The van der Waals surface area contributed by atoms with Crippen LogP contribution in [0.3, 0.4) is 0 Å². The predicted molar refractivity (Wildman–Crippen MR) is 54.1 cm³/mol. The minimum atomic E-state index is -0.125. The average molecular weight is 313 g/mol. The third-order valence-corrected chi connectivity index (χ3v) is 0.824. The molecule has 0 amide bonds. The third-order valence-electron chi connectivity index (χ3n) is 0.824. The van der Waals surface area contributed by atoms with Crippen molar-refractivity contribution in [3.05, 3.63) is 23.7 Å². The molecule has 0 aliphatic carbocycles. The molecule has 0 unspecified atom stereocenters. The van der Waals surface area contributed by atoms with E-state index >= 15 is 0 Å². The number of hydrogen-bond donors (Lipinski definition) is 2. The van der Waals surface area contributed by atoms with Crippen LogP contribution in [0.15, 0.2) is 23.7 Å². The summed E-state index contributed by atoms with van der Waals surface area (Å²) in [7, 11) is 0. The Labute approximate surface area is 110 Å². The van der Waals surface area contributed by atoms with E-state index in [0.29, 0.717) is 0 Å². The normalized spacial score (nSPS) is 10.7. The zero-order valence-corrected chi connectivity index (χ0v) is 13.6. The zero-order valence-electron chi connectivity index (χ0n) is 9.57. The van der Waals surface area contributed by atoms with E-state index in [1.165, 1.54) is 39.8 Å². The van der Waals surface area contributed by atoms with Crippen LogP contribution in [0.4, 0.5) is 0 Å². The maximum absolute atomic E-state index is 10.0. The fourth-order valence-corrected chi connectivity index (χ4v) is 0.588. The molecule has 0 radical (unpaired) electrons. The summed E-state index contributed by atoms with van der Waals surface area (Å²) in [6, 6.07) is 0. The number of rotatable bonds is 2. The van der Waals surface area contributed by atoms with Crippen molar-refractivity contribution in [2.24, 2.45) is 0 Å². The Balaban J connectivity index is -0.000000180. The first kappa shape index (κ1) is 19.8. The fourth-order valence-electron chi connectivity index (χ4n) is 0.588. The van der Waals surface area contributed by atoms with Gasteiger partial charge in [-0.3, -0.25) is 9.59 Å². The number of carbonyl (C=O) groups is 2. The van der Waals surface area contributed by atoms with Gasteiger partial charge in [-0.15, -0.1) is 0 Å². The van der Waals surface area contributed by atoms with Gasteiger partial charge in [-0.05, 0) is 27.7 Å². The van der Waals surface area contributed by atoms with Crippen molar-refractivity contribution in [1.29, 1.82) is 0 Å². The molecule has 0 aromatic carbocycles. The number of hydrogen-bond acceptors (Lipinski definition) is 4. The van der Waals surface area contributed by atoms with Gasteiger partial charge in [-0.2, -0.15) is 0 Å². The van der Waals surface area contributed by atoms with Crippen molar-refractivity contribution in [3.63, 3.8) is 0 Å². The van der Waals surface area contributed by atoms with E-state index in [9.17, 15) is 9.59 Å². The van der Waals surface area contributed by atoms with Gasteiger partial charge in [0.2, 0.25) is 0 Å². The molecule has 15 heavy (non-hydrogen) atoms. The Bertz CT molecular complexity index is 231. The van der Waals surface area contributed by atoms with E-state index in [1.54, 1.807) is 0 Å². The van der Waals surface area contributed by atoms with Gasteiger partial charge in [0.15, 0.2) is 11.6 Å². The molecule has 2 N–H and O–H groups in total. The molecular formula is C10H16CdO4. The molecule has 0 aliphatic rings. The van der Waals surface area contributed by atoms with Gasteiger partial charge in [0.1, 0.15) is 0 Å². The first-order chi connectivity index (χ1) is 6.25. The number of ketones is 2. The topological polar surface area (TPSA) is 74.6 Å². The summed E-state index contributed by atoms with van der Waals surface area (Å²) in [5.41, 5.74) is 0. The Morgan fingerprint density at radius 2 is 1.00 bits per heavy atom. The van der Waals surface area contributed by atoms with Crippen molar-refractivity contribution in [2.45, 2.75) is 27.7 Å². The van der Waals surface area contributed by atoms with Gasteiger partial charge < -0.3 is 10.2 Å². The Morgan fingerprint density at radius 3 is 1.00 bits per heavy atom. The second-order valence-electron chi connectivity index (χ2n) is 2.79. The van der Waals surface area contributed by atoms with Crippen molar-refractivity contribution in [3.8, 4) is 0 Å². The summed E-state index contributed by atoms with van der Waals surface area (Å²) >= 11 is 0.